The Morgan fingerprint density at radius 1 is 1.50 bits per heavy atom. The lowest BCUT2D eigenvalue weighted by molar-refractivity contribution is 0.616. The van der Waals surface area contributed by atoms with Gasteiger partial charge in [-0.15, -0.1) is 0 Å². The van der Waals surface area contributed by atoms with Gasteiger partial charge < -0.3 is 10.2 Å². The van der Waals surface area contributed by atoms with Crippen molar-refractivity contribution in [3.05, 3.63) is 22.9 Å². The third kappa shape index (κ3) is 2.38. The highest BCUT2D eigenvalue weighted by Crippen LogP contribution is 2.29. The monoisotopic (exact) mass is 270 g/mol. The van der Waals surface area contributed by atoms with Crippen molar-refractivity contribution in [1.82, 2.24) is 10.3 Å². The van der Waals surface area contributed by atoms with Gasteiger partial charge in [0.25, 0.3) is 0 Å². The zero-order valence-electron chi connectivity index (χ0n) is 12.2. The van der Waals surface area contributed by atoms with E-state index in [9.17, 15) is 5.26 Å². The minimum Gasteiger partial charge on any atom is -0.351 e. The van der Waals surface area contributed by atoms with Crippen LogP contribution in [0.1, 0.15) is 43.0 Å². The molecule has 2 heterocycles. The molecule has 0 radical (unpaired) electrons. The minimum atomic E-state index is 0.481. The van der Waals surface area contributed by atoms with Crippen molar-refractivity contribution < 1.29 is 0 Å². The molecule has 1 aromatic rings. The van der Waals surface area contributed by atoms with Crippen LogP contribution >= 0.6 is 0 Å². The Kier molecular flexibility index (Phi) is 3.88. The summed E-state index contributed by atoms with van der Waals surface area (Å²) in [5, 5.41) is 12.9. The van der Waals surface area contributed by atoms with Gasteiger partial charge in [0.1, 0.15) is 11.9 Å². The molecule has 0 amide bonds. The van der Waals surface area contributed by atoms with Crippen molar-refractivity contribution in [1.29, 1.82) is 5.26 Å². The van der Waals surface area contributed by atoms with Gasteiger partial charge in [0.2, 0.25) is 0 Å². The SMILES string of the molecule is CCCN(c1nc2c(cc1C#N)CCC2)C1CCNC1. The van der Waals surface area contributed by atoms with Gasteiger partial charge in [-0.25, -0.2) is 4.98 Å². The van der Waals surface area contributed by atoms with E-state index in [2.05, 4.69) is 29.3 Å². The van der Waals surface area contributed by atoms with Crippen LogP contribution < -0.4 is 10.2 Å². The standard InChI is InChI=1S/C16H22N4/c1-2-8-20(14-6-7-18-11-14)16-13(10-17)9-12-4-3-5-15(12)19-16/h9,14,18H,2-8,11H2,1H3. The highest BCUT2D eigenvalue weighted by atomic mass is 15.2. The lowest BCUT2D eigenvalue weighted by Crippen LogP contribution is -2.38. The second kappa shape index (κ2) is 5.80. The lowest BCUT2D eigenvalue weighted by atomic mass is 10.1. The molecule has 1 aliphatic heterocycles. The first-order valence-corrected chi connectivity index (χ1v) is 7.73. The summed E-state index contributed by atoms with van der Waals surface area (Å²) in [4.78, 5) is 7.22. The van der Waals surface area contributed by atoms with Gasteiger partial charge in [-0.1, -0.05) is 6.92 Å². The van der Waals surface area contributed by atoms with E-state index in [1.807, 2.05) is 0 Å². The third-order valence-electron chi connectivity index (χ3n) is 4.36. The summed E-state index contributed by atoms with van der Waals surface area (Å²) in [6.45, 7) is 5.24. The van der Waals surface area contributed by atoms with Crippen LogP contribution in [-0.2, 0) is 12.8 Å². The van der Waals surface area contributed by atoms with Crippen molar-refractivity contribution in [3.8, 4) is 6.07 Å². The van der Waals surface area contributed by atoms with Crippen molar-refractivity contribution in [3.63, 3.8) is 0 Å². The summed E-state index contributed by atoms with van der Waals surface area (Å²) in [7, 11) is 0. The van der Waals surface area contributed by atoms with Crippen LogP contribution in [0.25, 0.3) is 0 Å². The maximum Gasteiger partial charge on any atom is 0.147 e. The number of nitriles is 1. The lowest BCUT2D eigenvalue weighted by Gasteiger charge is -2.30. The first-order valence-electron chi connectivity index (χ1n) is 7.73. The topological polar surface area (TPSA) is 52.0 Å². The fourth-order valence-corrected chi connectivity index (χ4v) is 3.37. The van der Waals surface area contributed by atoms with Crippen molar-refractivity contribution in [2.45, 2.75) is 45.1 Å². The van der Waals surface area contributed by atoms with Crippen LogP contribution in [0.3, 0.4) is 0 Å². The maximum atomic E-state index is 9.48. The summed E-state index contributed by atoms with van der Waals surface area (Å²) in [6, 6.07) is 4.92. The number of anilines is 1. The number of nitrogens with zero attached hydrogens (tertiary/aromatic N) is 3. The van der Waals surface area contributed by atoms with Crippen molar-refractivity contribution >= 4 is 5.82 Å². The third-order valence-corrected chi connectivity index (χ3v) is 4.36. The number of aromatic nitrogens is 1. The van der Waals surface area contributed by atoms with E-state index < -0.39 is 0 Å². The van der Waals surface area contributed by atoms with E-state index >= 15 is 0 Å². The Bertz CT molecular complexity index is 526. The van der Waals surface area contributed by atoms with Gasteiger partial charge in [-0.05, 0) is 50.3 Å². The largest absolute Gasteiger partial charge is 0.351 e. The number of hydrogen-bond acceptors (Lipinski definition) is 4. The molecule has 3 rings (SSSR count). The minimum absolute atomic E-state index is 0.481. The Morgan fingerprint density at radius 3 is 3.10 bits per heavy atom. The van der Waals surface area contributed by atoms with Crippen LogP contribution in [0.15, 0.2) is 6.07 Å². The summed E-state index contributed by atoms with van der Waals surface area (Å²) in [5.74, 6) is 0.920. The Balaban J connectivity index is 1.99. The van der Waals surface area contributed by atoms with E-state index in [0.29, 0.717) is 6.04 Å². The number of fused-ring (bicyclic) bond motifs is 1. The molecule has 1 saturated heterocycles. The number of rotatable bonds is 4. The van der Waals surface area contributed by atoms with Gasteiger partial charge in [-0.3, -0.25) is 0 Å². The van der Waals surface area contributed by atoms with Crippen LogP contribution in [0.5, 0.6) is 0 Å². The summed E-state index contributed by atoms with van der Waals surface area (Å²) in [6.07, 6.45) is 5.55. The molecule has 2 aliphatic rings. The number of nitrogens with one attached hydrogen (secondary N) is 1. The molecule has 20 heavy (non-hydrogen) atoms. The van der Waals surface area contributed by atoms with Gasteiger partial charge in [0, 0.05) is 24.8 Å². The molecule has 1 atom stereocenters. The van der Waals surface area contributed by atoms with Gasteiger partial charge in [-0.2, -0.15) is 5.26 Å². The second-order valence-corrected chi connectivity index (χ2v) is 5.77. The molecule has 106 valence electrons. The summed E-state index contributed by atoms with van der Waals surface area (Å²) >= 11 is 0. The highest BCUT2D eigenvalue weighted by Gasteiger charge is 2.26. The fraction of sp³-hybridized carbons (Fsp3) is 0.625. The highest BCUT2D eigenvalue weighted by molar-refractivity contribution is 5.57. The molecule has 0 saturated carbocycles. The molecular formula is C16H22N4. The average molecular weight is 270 g/mol. The number of pyridine rings is 1. The van der Waals surface area contributed by atoms with Crippen LogP contribution in [-0.4, -0.2) is 30.7 Å². The van der Waals surface area contributed by atoms with E-state index in [-0.39, 0.29) is 0 Å². The Morgan fingerprint density at radius 2 is 2.40 bits per heavy atom. The van der Waals surface area contributed by atoms with Crippen LogP contribution in [0.2, 0.25) is 0 Å². The van der Waals surface area contributed by atoms with Crippen LogP contribution in [0, 0.1) is 11.3 Å². The smallest absolute Gasteiger partial charge is 0.147 e. The molecule has 1 unspecified atom stereocenters. The fourth-order valence-electron chi connectivity index (χ4n) is 3.37. The Hall–Kier alpha value is -1.60. The predicted molar refractivity (Wildman–Crippen MR) is 79.9 cm³/mol. The van der Waals surface area contributed by atoms with Crippen molar-refractivity contribution in [2.24, 2.45) is 0 Å². The molecule has 1 N–H and O–H groups in total. The zero-order valence-corrected chi connectivity index (χ0v) is 12.2. The normalized spacial score (nSPS) is 20.7. The molecule has 1 aliphatic carbocycles. The molecule has 0 spiro atoms. The molecule has 1 fully saturated rings. The first-order chi connectivity index (χ1) is 9.83. The first kappa shape index (κ1) is 13.4. The number of hydrogen-bond donors (Lipinski definition) is 1. The van der Waals surface area contributed by atoms with Gasteiger partial charge in [0.05, 0.1) is 5.56 Å². The maximum absolute atomic E-state index is 9.48. The molecular weight excluding hydrogens is 248 g/mol. The van der Waals surface area contributed by atoms with E-state index in [1.54, 1.807) is 0 Å². The zero-order chi connectivity index (χ0) is 13.9. The van der Waals surface area contributed by atoms with E-state index in [0.717, 1.165) is 56.7 Å². The average Bonchev–Trinajstić information content (AvgIpc) is 3.14. The summed E-state index contributed by atoms with van der Waals surface area (Å²) in [5.41, 5.74) is 3.25. The van der Waals surface area contributed by atoms with Crippen LogP contribution in [0.4, 0.5) is 5.82 Å². The van der Waals surface area contributed by atoms with E-state index in [1.165, 1.54) is 17.7 Å². The molecule has 1 aromatic heterocycles. The molecule has 4 heteroatoms. The number of aryl methyl sites for hydroxylation is 2. The summed E-state index contributed by atoms with van der Waals surface area (Å²) < 4.78 is 0. The van der Waals surface area contributed by atoms with Gasteiger partial charge in [0.15, 0.2) is 0 Å². The predicted octanol–water partition coefficient (Wildman–Crippen LogP) is 2.02. The molecule has 0 aromatic carbocycles. The Labute approximate surface area is 120 Å². The van der Waals surface area contributed by atoms with Gasteiger partial charge >= 0.3 is 0 Å². The quantitative estimate of drug-likeness (QED) is 0.909. The second-order valence-electron chi connectivity index (χ2n) is 5.77. The molecule has 4 nitrogen and oxygen atoms in total. The molecule has 0 bridgehead atoms. The van der Waals surface area contributed by atoms with E-state index in [4.69, 9.17) is 4.98 Å². The van der Waals surface area contributed by atoms with Crippen molar-refractivity contribution in [2.75, 3.05) is 24.5 Å².